The normalized spacial score (nSPS) is 17.5. The van der Waals surface area contributed by atoms with Crippen molar-refractivity contribution in [3.05, 3.63) is 0 Å². The van der Waals surface area contributed by atoms with Crippen LogP contribution in [0.15, 0.2) is 0 Å². The summed E-state index contributed by atoms with van der Waals surface area (Å²) in [5, 5.41) is 2.46. The van der Waals surface area contributed by atoms with Crippen molar-refractivity contribution in [1.82, 2.24) is 10.2 Å². The van der Waals surface area contributed by atoms with Crippen molar-refractivity contribution >= 4 is 18.0 Å². The predicted molar refractivity (Wildman–Crippen MR) is 94.0 cm³/mol. The van der Waals surface area contributed by atoms with E-state index < -0.39 is 24.2 Å². The molecule has 0 bridgehead atoms. The van der Waals surface area contributed by atoms with E-state index in [9.17, 15) is 14.4 Å². The molecule has 7 nitrogen and oxygen atoms in total. The van der Waals surface area contributed by atoms with Crippen LogP contribution in [0.1, 0.15) is 59.8 Å². The minimum absolute atomic E-state index is 0.177. The molecule has 1 fully saturated rings. The molecule has 0 aliphatic heterocycles. The van der Waals surface area contributed by atoms with E-state index in [0.29, 0.717) is 6.54 Å². The molecule has 1 N–H and O–H groups in total. The molecule has 1 aliphatic carbocycles. The van der Waals surface area contributed by atoms with Gasteiger partial charge < -0.3 is 19.7 Å². The maximum Gasteiger partial charge on any atom is 0.407 e. The van der Waals surface area contributed by atoms with Gasteiger partial charge in [-0.05, 0) is 32.6 Å². The third-order valence-corrected chi connectivity index (χ3v) is 4.66. The molecule has 2 atom stereocenters. The summed E-state index contributed by atoms with van der Waals surface area (Å²) >= 11 is 0. The minimum Gasteiger partial charge on any atom is -0.453 e. The van der Waals surface area contributed by atoms with Gasteiger partial charge in [0.2, 0.25) is 0 Å². The number of methoxy groups -OCH3 is 1. The second kappa shape index (κ2) is 10.3. The third-order valence-electron chi connectivity index (χ3n) is 4.66. The fraction of sp³-hybridized carbons (Fsp3) is 0.833. The van der Waals surface area contributed by atoms with Crippen molar-refractivity contribution < 1.29 is 23.9 Å². The van der Waals surface area contributed by atoms with Crippen LogP contribution in [0.25, 0.3) is 0 Å². The van der Waals surface area contributed by atoms with E-state index in [4.69, 9.17) is 4.74 Å². The molecule has 7 heteroatoms. The Balaban J connectivity index is 2.69. The highest BCUT2D eigenvalue weighted by molar-refractivity contribution is 5.86. The van der Waals surface area contributed by atoms with E-state index >= 15 is 0 Å². The molecule has 0 aromatic heterocycles. The smallest absolute Gasteiger partial charge is 0.407 e. The van der Waals surface area contributed by atoms with Gasteiger partial charge in [-0.25, -0.2) is 9.59 Å². The number of ether oxygens (including phenoxy) is 2. The molecule has 144 valence electrons. The number of carbonyl (C=O) groups is 3. The number of carbonyl (C=O) groups excluding carboxylic acids is 3. The zero-order valence-electron chi connectivity index (χ0n) is 16.0. The highest BCUT2D eigenvalue weighted by Crippen LogP contribution is 2.23. The Morgan fingerprint density at radius 1 is 1.12 bits per heavy atom. The lowest BCUT2D eigenvalue weighted by Gasteiger charge is -2.35. The van der Waals surface area contributed by atoms with Gasteiger partial charge in [0, 0.05) is 12.6 Å². The summed E-state index contributed by atoms with van der Waals surface area (Å²) in [5.41, 5.74) is 0. The maximum atomic E-state index is 12.7. The van der Waals surface area contributed by atoms with E-state index in [2.05, 4.69) is 10.1 Å². The van der Waals surface area contributed by atoms with Crippen LogP contribution in [-0.4, -0.2) is 54.7 Å². The van der Waals surface area contributed by atoms with E-state index in [1.165, 1.54) is 13.5 Å². The Labute approximate surface area is 150 Å². The van der Waals surface area contributed by atoms with Gasteiger partial charge in [0.15, 0.2) is 6.10 Å². The second-order valence-corrected chi connectivity index (χ2v) is 6.85. The summed E-state index contributed by atoms with van der Waals surface area (Å²) < 4.78 is 9.89. The van der Waals surface area contributed by atoms with E-state index in [1.54, 1.807) is 20.8 Å². The van der Waals surface area contributed by atoms with Gasteiger partial charge in [-0.15, -0.1) is 0 Å². The Kier molecular flexibility index (Phi) is 8.72. The number of amides is 2. The third kappa shape index (κ3) is 6.21. The Morgan fingerprint density at radius 2 is 1.72 bits per heavy atom. The lowest BCUT2D eigenvalue weighted by molar-refractivity contribution is -0.162. The first-order chi connectivity index (χ1) is 11.8. The zero-order chi connectivity index (χ0) is 19.0. The molecule has 0 spiro atoms. The van der Waals surface area contributed by atoms with E-state index in [1.807, 2.05) is 11.8 Å². The molecule has 0 aromatic rings. The summed E-state index contributed by atoms with van der Waals surface area (Å²) in [5.74, 6) is -0.987. The van der Waals surface area contributed by atoms with Crippen molar-refractivity contribution in [3.63, 3.8) is 0 Å². The highest BCUT2D eigenvalue weighted by atomic mass is 16.6. The molecule has 0 radical (unpaired) electrons. The number of hydrogen-bond donors (Lipinski definition) is 1. The van der Waals surface area contributed by atoms with Crippen molar-refractivity contribution in [1.29, 1.82) is 0 Å². The van der Waals surface area contributed by atoms with Gasteiger partial charge in [0.1, 0.15) is 6.04 Å². The molecule has 0 heterocycles. The Bertz CT molecular complexity index is 460. The fourth-order valence-electron chi connectivity index (χ4n) is 3.20. The molecule has 0 aromatic carbocycles. The summed E-state index contributed by atoms with van der Waals surface area (Å²) in [6, 6.07) is -0.631. The monoisotopic (exact) mass is 356 g/mol. The highest BCUT2D eigenvalue weighted by Gasteiger charge is 2.32. The first kappa shape index (κ1) is 21.3. The summed E-state index contributed by atoms with van der Waals surface area (Å²) in [6.45, 7) is 7.70. The quantitative estimate of drug-likeness (QED) is 0.708. The minimum atomic E-state index is -0.880. The van der Waals surface area contributed by atoms with Crippen LogP contribution in [0, 0.1) is 5.92 Å². The van der Waals surface area contributed by atoms with Crippen molar-refractivity contribution in [2.45, 2.75) is 78.0 Å². The maximum absolute atomic E-state index is 12.7. The number of nitrogens with zero attached hydrogens (tertiary/aromatic N) is 1. The average molecular weight is 356 g/mol. The zero-order valence-corrected chi connectivity index (χ0v) is 16.0. The molecular weight excluding hydrogens is 324 g/mol. The van der Waals surface area contributed by atoms with Crippen LogP contribution in [0.5, 0.6) is 0 Å². The number of likely N-dealkylation sites (N-methyl/N-ethyl adjacent to an activating group) is 1. The van der Waals surface area contributed by atoms with Crippen LogP contribution in [0.3, 0.4) is 0 Å². The fourth-order valence-corrected chi connectivity index (χ4v) is 3.20. The van der Waals surface area contributed by atoms with Crippen LogP contribution in [-0.2, 0) is 19.1 Å². The average Bonchev–Trinajstić information content (AvgIpc) is 2.60. The molecule has 25 heavy (non-hydrogen) atoms. The molecule has 2 unspecified atom stereocenters. The Morgan fingerprint density at radius 3 is 2.20 bits per heavy atom. The number of nitrogens with one attached hydrogen (secondary N) is 1. The summed E-state index contributed by atoms with van der Waals surface area (Å²) in [4.78, 5) is 38.3. The number of hydrogen-bond acceptors (Lipinski definition) is 5. The second-order valence-electron chi connectivity index (χ2n) is 6.85. The van der Waals surface area contributed by atoms with Gasteiger partial charge in [-0.1, -0.05) is 33.1 Å². The van der Waals surface area contributed by atoms with Crippen LogP contribution in [0.4, 0.5) is 4.79 Å². The summed E-state index contributed by atoms with van der Waals surface area (Å²) in [7, 11) is 1.23. The van der Waals surface area contributed by atoms with Crippen LogP contribution < -0.4 is 5.32 Å². The first-order valence-corrected chi connectivity index (χ1v) is 9.17. The van der Waals surface area contributed by atoms with Crippen molar-refractivity contribution in [3.8, 4) is 0 Å². The molecule has 2 amide bonds. The van der Waals surface area contributed by atoms with Crippen molar-refractivity contribution in [2.24, 2.45) is 5.92 Å². The number of rotatable bonds is 7. The van der Waals surface area contributed by atoms with E-state index in [-0.39, 0.29) is 17.9 Å². The van der Waals surface area contributed by atoms with Gasteiger partial charge in [0.25, 0.3) is 5.91 Å². The number of esters is 1. The van der Waals surface area contributed by atoms with Crippen molar-refractivity contribution in [2.75, 3.05) is 13.7 Å². The predicted octanol–water partition coefficient (Wildman–Crippen LogP) is 2.48. The molecular formula is C18H32N2O5. The van der Waals surface area contributed by atoms with Crippen LogP contribution >= 0.6 is 0 Å². The van der Waals surface area contributed by atoms with Gasteiger partial charge in [0.05, 0.1) is 7.11 Å². The van der Waals surface area contributed by atoms with Crippen LogP contribution in [0.2, 0.25) is 0 Å². The molecule has 1 rings (SSSR count). The lowest BCUT2D eigenvalue weighted by atomic mass is 9.94. The molecule has 1 aliphatic rings. The van der Waals surface area contributed by atoms with E-state index in [0.717, 1.165) is 25.7 Å². The topological polar surface area (TPSA) is 84.9 Å². The largest absolute Gasteiger partial charge is 0.453 e. The van der Waals surface area contributed by atoms with Gasteiger partial charge in [-0.2, -0.15) is 0 Å². The molecule has 1 saturated carbocycles. The SMILES string of the molecule is CCN(C(=O)C(C)OC(=O)C(NC(=O)OC)C(C)C)C1CCCCC1. The summed E-state index contributed by atoms with van der Waals surface area (Å²) in [6.07, 6.45) is 3.88. The van der Waals surface area contributed by atoms with Gasteiger partial charge >= 0.3 is 12.1 Å². The standard InChI is InChI=1S/C18H32N2O5/c1-6-20(14-10-8-7-9-11-14)16(21)13(4)25-17(22)15(12(2)3)19-18(23)24-5/h12-15H,6-11H2,1-5H3,(H,19,23). The Hall–Kier alpha value is -1.79. The molecule has 0 saturated heterocycles. The first-order valence-electron chi connectivity index (χ1n) is 9.17. The number of alkyl carbamates (subject to hydrolysis) is 1. The lowest BCUT2D eigenvalue weighted by Crippen LogP contribution is -2.50. The van der Waals surface area contributed by atoms with Gasteiger partial charge in [-0.3, -0.25) is 4.79 Å².